The number of nitrogens with two attached hydrogens (primary N) is 1. The zero-order valence-corrected chi connectivity index (χ0v) is 8.22. The van der Waals surface area contributed by atoms with Crippen LogP contribution in [0.1, 0.15) is 6.42 Å². The second kappa shape index (κ2) is 5.80. The summed E-state index contributed by atoms with van der Waals surface area (Å²) in [5.41, 5.74) is 5.56. The summed E-state index contributed by atoms with van der Waals surface area (Å²) in [6.45, 7) is 2.94. The molecular formula is C8H18N2OS. The van der Waals surface area contributed by atoms with Gasteiger partial charge < -0.3 is 10.8 Å². The van der Waals surface area contributed by atoms with Gasteiger partial charge in [0.15, 0.2) is 0 Å². The van der Waals surface area contributed by atoms with E-state index in [9.17, 15) is 0 Å². The van der Waals surface area contributed by atoms with Gasteiger partial charge in [-0.1, -0.05) is 0 Å². The molecule has 0 aromatic carbocycles. The van der Waals surface area contributed by atoms with E-state index in [1.807, 2.05) is 11.8 Å². The largest absolute Gasteiger partial charge is 0.395 e. The van der Waals surface area contributed by atoms with Crippen LogP contribution >= 0.6 is 11.8 Å². The molecule has 0 aliphatic carbocycles. The fourth-order valence-electron chi connectivity index (χ4n) is 1.47. The van der Waals surface area contributed by atoms with Gasteiger partial charge in [-0.15, -0.1) is 0 Å². The van der Waals surface area contributed by atoms with Crippen molar-refractivity contribution in [1.82, 2.24) is 4.90 Å². The lowest BCUT2D eigenvalue weighted by Gasteiger charge is -2.27. The van der Waals surface area contributed by atoms with E-state index >= 15 is 0 Å². The third-order valence-corrected chi connectivity index (χ3v) is 3.30. The van der Waals surface area contributed by atoms with Crippen molar-refractivity contribution in [3.63, 3.8) is 0 Å². The number of rotatable bonds is 3. The minimum absolute atomic E-state index is 0.184. The molecule has 0 aromatic heterocycles. The number of hydrogen-bond acceptors (Lipinski definition) is 4. The Balaban J connectivity index is 2.35. The van der Waals surface area contributed by atoms with Gasteiger partial charge in [-0.3, -0.25) is 4.90 Å². The number of nitrogens with zero attached hydrogens (tertiary/aromatic N) is 1. The van der Waals surface area contributed by atoms with Crippen LogP contribution in [0.3, 0.4) is 0 Å². The van der Waals surface area contributed by atoms with Crippen LogP contribution in [0.4, 0.5) is 0 Å². The lowest BCUT2D eigenvalue weighted by molar-refractivity contribution is 0.135. The molecule has 0 radical (unpaired) electrons. The van der Waals surface area contributed by atoms with Crippen molar-refractivity contribution in [2.24, 2.45) is 5.73 Å². The molecule has 0 spiro atoms. The van der Waals surface area contributed by atoms with Crippen LogP contribution in [-0.2, 0) is 0 Å². The van der Waals surface area contributed by atoms with Crippen LogP contribution in [0.15, 0.2) is 0 Å². The Labute approximate surface area is 78.3 Å². The molecule has 1 aliphatic rings. The maximum absolute atomic E-state index is 9.04. The van der Waals surface area contributed by atoms with Gasteiger partial charge in [-0.2, -0.15) is 11.8 Å². The van der Waals surface area contributed by atoms with E-state index in [0.717, 1.165) is 13.1 Å². The van der Waals surface area contributed by atoms with E-state index in [1.165, 1.54) is 17.9 Å². The average Bonchev–Trinajstić information content (AvgIpc) is 2.35. The number of aliphatic hydroxyl groups excluding tert-OH is 1. The Hall–Kier alpha value is 0.230. The Kier molecular flexibility index (Phi) is 4.99. The van der Waals surface area contributed by atoms with Gasteiger partial charge in [-0.25, -0.2) is 0 Å². The second-order valence-electron chi connectivity index (χ2n) is 3.07. The van der Waals surface area contributed by atoms with Gasteiger partial charge >= 0.3 is 0 Å². The Bertz CT molecular complexity index is 112. The van der Waals surface area contributed by atoms with Crippen molar-refractivity contribution in [2.45, 2.75) is 12.5 Å². The van der Waals surface area contributed by atoms with Crippen LogP contribution < -0.4 is 5.73 Å². The first-order valence-corrected chi connectivity index (χ1v) is 5.66. The molecule has 1 saturated heterocycles. The molecule has 3 N–H and O–H groups in total. The highest BCUT2D eigenvalue weighted by molar-refractivity contribution is 7.99. The van der Waals surface area contributed by atoms with E-state index in [0.29, 0.717) is 6.54 Å². The van der Waals surface area contributed by atoms with Gasteiger partial charge in [0.2, 0.25) is 0 Å². The van der Waals surface area contributed by atoms with Gasteiger partial charge in [0.05, 0.1) is 6.61 Å². The third-order valence-electron chi connectivity index (χ3n) is 2.26. The molecule has 0 bridgehead atoms. The summed E-state index contributed by atoms with van der Waals surface area (Å²) in [6, 6.07) is 0.184. The van der Waals surface area contributed by atoms with Crippen LogP contribution in [0.2, 0.25) is 0 Å². The molecular weight excluding hydrogens is 172 g/mol. The summed E-state index contributed by atoms with van der Waals surface area (Å²) in [4.78, 5) is 2.31. The van der Waals surface area contributed by atoms with Gasteiger partial charge in [-0.05, 0) is 18.7 Å². The predicted octanol–water partition coefficient (Wildman–Crippen LogP) is -0.255. The van der Waals surface area contributed by atoms with Gasteiger partial charge in [0.25, 0.3) is 0 Å². The molecule has 0 amide bonds. The molecule has 1 heterocycles. The number of hydrogen-bond donors (Lipinski definition) is 2. The highest BCUT2D eigenvalue weighted by atomic mass is 32.2. The van der Waals surface area contributed by atoms with Crippen molar-refractivity contribution in [3.05, 3.63) is 0 Å². The van der Waals surface area contributed by atoms with Crippen molar-refractivity contribution in [1.29, 1.82) is 0 Å². The van der Waals surface area contributed by atoms with Crippen LogP contribution in [-0.4, -0.2) is 53.8 Å². The molecule has 1 unspecified atom stereocenters. The molecule has 0 aromatic rings. The van der Waals surface area contributed by atoms with Crippen LogP contribution in [0.5, 0.6) is 0 Å². The van der Waals surface area contributed by atoms with E-state index in [2.05, 4.69) is 4.90 Å². The number of aliphatic hydroxyl groups is 1. The van der Waals surface area contributed by atoms with Gasteiger partial charge in [0.1, 0.15) is 0 Å². The first-order valence-electron chi connectivity index (χ1n) is 4.51. The lowest BCUT2D eigenvalue weighted by atomic mass is 10.2. The summed E-state index contributed by atoms with van der Waals surface area (Å²) in [7, 11) is 0. The predicted molar refractivity (Wildman–Crippen MR) is 53.4 cm³/mol. The quantitative estimate of drug-likeness (QED) is 0.644. The summed E-state index contributed by atoms with van der Waals surface area (Å²) in [5, 5.41) is 9.04. The maximum Gasteiger partial charge on any atom is 0.0599 e. The highest BCUT2D eigenvalue weighted by Crippen LogP contribution is 2.11. The summed E-state index contributed by atoms with van der Waals surface area (Å²) < 4.78 is 0. The molecule has 0 saturated carbocycles. The molecule has 3 nitrogen and oxygen atoms in total. The Morgan fingerprint density at radius 1 is 1.42 bits per heavy atom. The van der Waals surface area contributed by atoms with Gasteiger partial charge in [0, 0.05) is 24.9 Å². The summed E-state index contributed by atoms with van der Waals surface area (Å²) >= 11 is 1.99. The van der Waals surface area contributed by atoms with E-state index in [4.69, 9.17) is 10.8 Å². The average molecular weight is 190 g/mol. The van der Waals surface area contributed by atoms with E-state index < -0.39 is 0 Å². The molecule has 1 fully saturated rings. The Morgan fingerprint density at radius 2 is 2.25 bits per heavy atom. The fraction of sp³-hybridized carbons (Fsp3) is 1.00. The minimum Gasteiger partial charge on any atom is -0.395 e. The monoisotopic (exact) mass is 190 g/mol. The normalized spacial score (nSPS) is 23.5. The molecule has 1 rings (SSSR count). The first-order chi connectivity index (χ1) is 5.88. The summed E-state index contributed by atoms with van der Waals surface area (Å²) in [5.74, 6) is 2.43. The van der Waals surface area contributed by atoms with Crippen molar-refractivity contribution in [2.75, 3.05) is 37.7 Å². The zero-order valence-electron chi connectivity index (χ0n) is 7.41. The van der Waals surface area contributed by atoms with E-state index in [-0.39, 0.29) is 12.6 Å². The SMILES string of the molecule is NCC(CO)N1CCCSCC1. The third kappa shape index (κ3) is 2.94. The summed E-state index contributed by atoms with van der Waals surface area (Å²) in [6.07, 6.45) is 1.22. The molecule has 72 valence electrons. The topological polar surface area (TPSA) is 49.5 Å². The molecule has 1 aliphatic heterocycles. The maximum atomic E-state index is 9.04. The highest BCUT2D eigenvalue weighted by Gasteiger charge is 2.17. The molecule has 1 atom stereocenters. The smallest absolute Gasteiger partial charge is 0.0599 e. The molecule has 4 heteroatoms. The van der Waals surface area contributed by atoms with Crippen molar-refractivity contribution in [3.8, 4) is 0 Å². The fourth-order valence-corrected chi connectivity index (χ4v) is 2.37. The number of thioether (sulfide) groups is 1. The molecule has 12 heavy (non-hydrogen) atoms. The first kappa shape index (κ1) is 10.3. The second-order valence-corrected chi connectivity index (χ2v) is 4.30. The lowest BCUT2D eigenvalue weighted by Crippen LogP contribution is -2.44. The standard InChI is InChI=1S/C8H18N2OS/c9-6-8(7-11)10-2-1-4-12-5-3-10/h8,11H,1-7,9H2. The van der Waals surface area contributed by atoms with E-state index in [1.54, 1.807) is 0 Å². The van der Waals surface area contributed by atoms with Crippen LogP contribution in [0, 0.1) is 0 Å². The zero-order chi connectivity index (χ0) is 8.81. The minimum atomic E-state index is 0.184. The van der Waals surface area contributed by atoms with Crippen molar-refractivity contribution >= 4 is 11.8 Å². The van der Waals surface area contributed by atoms with Crippen LogP contribution in [0.25, 0.3) is 0 Å². The Morgan fingerprint density at radius 3 is 2.92 bits per heavy atom. The van der Waals surface area contributed by atoms with Crippen molar-refractivity contribution < 1.29 is 5.11 Å².